The van der Waals surface area contributed by atoms with E-state index >= 15 is 0 Å². The molecule has 0 bridgehead atoms. The van der Waals surface area contributed by atoms with Crippen molar-refractivity contribution in [2.45, 2.75) is 0 Å². The molecule has 0 saturated carbocycles. The van der Waals surface area contributed by atoms with Crippen molar-refractivity contribution in [2.24, 2.45) is 4.99 Å². The Labute approximate surface area is 119 Å². The first-order valence-electron chi connectivity index (χ1n) is 5.91. The number of benzene rings is 1. The van der Waals surface area contributed by atoms with Crippen LogP contribution in [-0.4, -0.2) is 44.7 Å². The molecule has 0 radical (unpaired) electrons. The molecule has 0 aliphatic rings. The number of ether oxygens (including phenoxy) is 1. The predicted molar refractivity (Wildman–Crippen MR) is 79.8 cm³/mol. The third kappa shape index (κ3) is 5.54. The number of aliphatic imine (C=N–C) groups is 1. The van der Waals surface area contributed by atoms with Gasteiger partial charge in [0, 0.05) is 19.1 Å². The highest BCUT2D eigenvalue weighted by Gasteiger charge is 2.04. The summed E-state index contributed by atoms with van der Waals surface area (Å²) in [5.74, 6) is 4.06. The molecule has 0 fully saturated rings. The molecule has 1 rings (SSSR count). The summed E-state index contributed by atoms with van der Waals surface area (Å²) in [4.78, 5) is 6.08. The van der Waals surface area contributed by atoms with Crippen molar-refractivity contribution in [3.63, 3.8) is 0 Å². The number of hydrogen-bond donors (Lipinski definition) is 1. The highest BCUT2D eigenvalue weighted by atomic mass is 35.5. The monoisotopic (exact) mass is 279 g/mol. The molecule has 102 valence electrons. The fraction of sp³-hybridized carbons (Fsp3) is 0.357. The number of nitrogens with zero attached hydrogens (tertiary/aromatic N) is 2. The van der Waals surface area contributed by atoms with Crippen LogP contribution >= 0.6 is 11.6 Å². The van der Waals surface area contributed by atoms with Gasteiger partial charge < -0.3 is 15.0 Å². The first-order valence-corrected chi connectivity index (χ1v) is 6.28. The van der Waals surface area contributed by atoms with E-state index in [1.54, 1.807) is 19.2 Å². The average Bonchev–Trinajstić information content (AvgIpc) is 2.42. The molecule has 0 aliphatic heterocycles. The Morgan fingerprint density at radius 2 is 2.16 bits per heavy atom. The molecule has 0 spiro atoms. The van der Waals surface area contributed by atoms with E-state index in [9.17, 15) is 0 Å². The summed E-state index contributed by atoms with van der Waals surface area (Å²) in [6, 6.07) is 7.28. The van der Waals surface area contributed by atoms with Crippen LogP contribution in [0, 0.1) is 12.3 Å². The summed E-state index contributed by atoms with van der Waals surface area (Å²) < 4.78 is 5.61. The lowest BCUT2D eigenvalue weighted by molar-refractivity contribution is 0.281. The standard InChI is InChI=1S/C14H18ClN3O/c1-4-9-17-14(16-2)18(3)10-11-19-13-7-5-12(15)6-8-13/h1,5-8H,9-11H2,2-3H3,(H,16,17). The van der Waals surface area contributed by atoms with Gasteiger partial charge in [-0.05, 0) is 24.3 Å². The molecule has 1 aromatic rings. The molecule has 1 N–H and O–H groups in total. The Bertz CT molecular complexity index is 451. The number of terminal acetylenes is 1. The lowest BCUT2D eigenvalue weighted by atomic mass is 10.3. The second-order valence-corrected chi connectivity index (χ2v) is 4.27. The minimum Gasteiger partial charge on any atom is -0.492 e. The second kappa shape index (κ2) is 8.28. The van der Waals surface area contributed by atoms with Gasteiger partial charge in [0.15, 0.2) is 5.96 Å². The molecule has 19 heavy (non-hydrogen) atoms. The third-order valence-corrected chi connectivity index (χ3v) is 2.68. The Morgan fingerprint density at radius 3 is 2.74 bits per heavy atom. The number of nitrogens with one attached hydrogen (secondary N) is 1. The predicted octanol–water partition coefficient (Wildman–Crippen LogP) is 1.86. The molecule has 1 aromatic carbocycles. The second-order valence-electron chi connectivity index (χ2n) is 3.83. The number of hydrogen-bond acceptors (Lipinski definition) is 2. The van der Waals surface area contributed by atoms with Crippen LogP contribution in [0.2, 0.25) is 5.02 Å². The van der Waals surface area contributed by atoms with Crippen molar-refractivity contribution in [1.82, 2.24) is 10.2 Å². The molecule has 0 aromatic heterocycles. The van der Waals surface area contributed by atoms with Crippen LogP contribution in [0.4, 0.5) is 0 Å². The topological polar surface area (TPSA) is 36.9 Å². The van der Waals surface area contributed by atoms with Crippen LogP contribution in [0.1, 0.15) is 0 Å². The van der Waals surface area contributed by atoms with Gasteiger partial charge in [0.2, 0.25) is 0 Å². The fourth-order valence-corrected chi connectivity index (χ4v) is 1.58. The molecule has 0 amide bonds. The minimum absolute atomic E-state index is 0.453. The average molecular weight is 280 g/mol. The number of halogens is 1. The van der Waals surface area contributed by atoms with Crippen LogP contribution < -0.4 is 10.1 Å². The molecule has 0 atom stereocenters. The highest BCUT2D eigenvalue weighted by Crippen LogP contribution is 2.15. The van der Waals surface area contributed by atoms with E-state index in [-0.39, 0.29) is 0 Å². The lowest BCUT2D eigenvalue weighted by Gasteiger charge is -2.21. The summed E-state index contributed by atoms with van der Waals surface area (Å²) in [6.45, 7) is 1.71. The number of rotatable bonds is 5. The van der Waals surface area contributed by atoms with Gasteiger partial charge in [-0.15, -0.1) is 6.42 Å². The van der Waals surface area contributed by atoms with Gasteiger partial charge in [-0.2, -0.15) is 0 Å². The SMILES string of the molecule is C#CCNC(=NC)N(C)CCOc1ccc(Cl)cc1. The van der Waals surface area contributed by atoms with Crippen molar-refractivity contribution in [3.05, 3.63) is 29.3 Å². The van der Waals surface area contributed by atoms with Crippen LogP contribution in [0.5, 0.6) is 5.75 Å². The van der Waals surface area contributed by atoms with E-state index in [2.05, 4.69) is 16.2 Å². The lowest BCUT2D eigenvalue weighted by Crippen LogP contribution is -2.40. The minimum atomic E-state index is 0.453. The summed E-state index contributed by atoms with van der Waals surface area (Å²) >= 11 is 5.80. The first-order chi connectivity index (χ1) is 9.17. The van der Waals surface area contributed by atoms with Crippen molar-refractivity contribution in [3.8, 4) is 18.1 Å². The van der Waals surface area contributed by atoms with Crippen LogP contribution in [0.15, 0.2) is 29.3 Å². The molecule has 0 heterocycles. The first kappa shape index (κ1) is 15.2. The van der Waals surface area contributed by atoms with Crippen molar-refractivity contribution in [1.29, 1.82) is 0 Å². The van der Waals surface area contributed by atoms with E-state index in [1.165, 1.54) is 0 Å². The zero-order chi connectivity index (χ0) is 14.1. The molecule has 0 aliphatic carbocycles. The Kier molecular flexibility index (Phi) is 6.62. The van der Waals surface area contributed by atoms with Crippen molar-refractivity contribution < 1.29 is 4.74 Å². The summed E-state index contributed by atoms with van der Waals surface area (Å²) in [7, 11) is 3.65. The summed E-state index contributed by atoms with van der Waals surface area (Å²) in [5.41, 5.74) is 0. The van der Waals surface area contributed by atoms with E-state index in [1.807, 2.05) is 24.1 Å². The van der Waals surface area contributed by atoms with Crippen LogP contribution in [0.3, 0.4) is 0 Å². The molecule has 0 saturated heterocycles. The van der Waals surface area contributed by atoms with Gasteiger partial charge in [-0.25, -0.2) is 0 Å². The summed E-state index contributed by atoms with van der Waals surface area (Å²) in [5, 5.41) is 3.74. The van der Waals surface area contributed by atoms with Gasteiger partial charge in [-0.1, -0.05) is 17.5 Å². The van der Waals surface area contributed by atoms with Gasteiger partial charge in [-0.3, -0.25) is 4.99 Å². The Hall–Kier alpha value is -1.86. The van der Waals surface area contributed by atoms with E-state index in [0.717, 1.165) is 11.7 Å². The Morgan fingerprint density at radius 1 is 1.47 bits per heavy atom. The van der Waals surface area contributed by atoms with Gasteiger partial charge in [0.25, 0.3) is 0 Å². The fourth-order valence-electron chi connectivity index (χ4n) is 1.45. The third-order valence-electron chi connectivity index (χ3n) is 2.43. The zero-order valence-corrected chi connectivity index (χ0v) is 11.9. The maximum Gasteiger partial charge on any atom is 0.194 e. The van der Waals surface area contributed by atoms with Crippen LogP contribution in [-0.2, 0) is 0 Å². The normalized spacial score (nSPS) is 10.7. The zero-order valence-electron chi connectivity index (χ0n) is 11.2. The van der Waals surface area contributed by atoms with Crippen molar-refractivity contribution in [2.75, 3.05) is 33.8 Å². The van der Waals surface area contributed by atoms with E-state index in [0.29, 0.717) is 24.7 Å². The quantitative estimate of drug-likeness (QED) is 0.508. The number of likely N-dealkylation sites (N-methyl/N-ethyl adjacent to an activating group) is 1. The smallest absolute Gasteiger partial charge is 0.194 e. The molecule has 5 heteroatoms. The summed E-state index contributed by atoms with van der Waals surface area (Å²) in [6.07, 6.45) is 5.20. The molecular weight excluding hydrogens is 262 g/mol. The van der Waals surface area contributed by atoms with Crippen LogP contribution in [0.25, 0.3) is 0 Å². The highest BCUT2D eigenvalue weighted by molar-refractivity contribution is 6.30. The van der Waals surface area contributed by atoms with Gasteiger partial charge >= 0.3 is 0 Å². The van der Waals surface area contributed by atoms with Gasteiger partial charge in [0.05, 0.1) is 13.1 Å². The van der Waals surface area contributed by atoms with E-state index < -0.39 is 0 Å². The van der Waals surface area contributed by atoms with Crippen molar-refractivity contribution >= 4 is 17.6 Å². The maximum atomic E-state index is 5.80. The largest absolute Gasteiger partial charge is 0.492 e. The van der Waals surface area contributed by atoms with E-state index in [4.69, 9.17) is 22.8 Å². The Balaban J connectivity index is 2.35. The molecular formula is C14H18ClN3O. The van der Waals surface area contributed by atoms with Gasteiger partial charge in [0.1, 0.15) is 12.4 Å². The molecule has 4 nitrogen and oxygen atoms in total. The maximum absolute atomic E-state index is 5.80. The number of guanidine groups is 1. The molecule has 0 unspecified atom stereocenters.